The lowest BCUT2D eigenvalue weighted by molar-refractivity contribution is -0.201. The first kappa shape index (κ1) is 30.6. The Labute approximate surface area is 266 Å². The summed E-state index contributed by atoms with van der Waals surface area (Å²) in [6.45, 7) is 3.26. The van der Waals surface area contributed by atoms with Gasteiger partial charge >= 0.3 is 0 Å². The normalized spacial score (nSPS) is 38.2. The Hall–Kier alpha value is -3.08. The number of aliphatic hydroxyl groups excluding tert-OH is 2. The summed E-state index contributed by atoms with van der Waals surface area (Å²) in [4.78, 5) is 26.0. The van der Waals surface area contributed by atoms with Crippen LogP contribution in [0.5, 0.6) is 5.75 Å². The maximum Gasteiger partial charge on any atom is 0.193 e. The van der Waals surface area contributed by atoms with Gasteiger partial charge in [-0.05, 0) is 79.5 Å². The van der Waals surface area contributed by atoms with Crippen LogP contribution >= 0.6 is 11.6 Å². The van der Waals surface area contributed by atoms with Gasteiger partial charge in [-0.25, -0.2) is 4.39 Å². The largest absolute Gasteiger partial charge is 0.486 e. The predicted molar refractivity (Wildman–Crippen MR) is 164 cm³/mol. The number of halogens is 2. The minimum Gasteiger partial charge on any atom is -0.486 e. The number of allylic oxidation sites excluding steroid dienone is 4. The molecule has 5 aliphatic rings. The number of rotatable bonds is 6. The Balaban J connectivity index is 1.21. The van der Waals surface area contributed by atoms with E-state index in [9.17, 15) is 19.8 Å². The van der Waals surface area contributed by atoms with E-state index in [1.54, 1.807) is 30.4 Å². The molecule has 1 heterocycles. The van der Waals surface area contributed by atoms with Crippen molar-refractivity contribution in [1.29, 1.82) is 0 Å². The molecular formula is C35H37ClFNO7. The molecule has 4 N–H and O–H groups in total. The molecule has 9 atom stereocenters. The zero-order valence-corrected chi connectivity index (χ0v) is 25.9. The van der Waals surface area contributed by atoms with E-state index < -0.39 is 53.1 Å². The third-order valence-electron chi connectivity index (χ3n) is 11.5. The molecule has 1 aliphatic heterocycles. The van der Waals surface area contributed by atoms with E-state index >= 15 is 4.39 Å². The zero-order valence-electron chi connectivity index (χ0n) is 25.2. The topological polar surface area (TPSA) is 128 Å². The van der Waals surface area contributed by atoms with Crippen molar-refractivity contribution in [3.05, 3.63) is 82.2 Å². The molecule has 7 rings (SSSR count). The van der Waals surface area contributed by atoms with Gasteiger partial charge in [0.1, 0.15) is 13.2 Å². The van der Waals surface area contributed by atoms with Crippen LogP contribution in [0.2, 0.25) is 5.02 Å². The maximum atomic E-state index is 16.1. The summed E-state index contributed by atoms with van der Waals surface area (Å²) >= 11 is 6.53. The SMILES string of the molecule is C[C@]12C=CC(=O)C=C1CC[C@@H]1C2[C@@H](O)C[C@@]2(C)C1C[C@H]1O[C@H](c3c(Cl)ccc(OCc4cccc(N)c4)c3F)O[C@]12C(=O)CO. The average molecular weight is 638 g/mol. The number of ketones is 2. The van der Waals surface area contributed by atoms with Crippen LogP contribution in [0.1, 0.15) is 56.9 Å². The minimum absolute atomic E-state index is 0.00226. The highest BCUT2D eigenvalue weighted by Crippen LogP contribution is 2.70. The fraction of sp³-hybridized carbons (Fsp3) is 0.486. The first-order chi connectivity index (χ1) is 21.4. The molecule has 4 aliphatic carbocycles. The van der Waals surface area contributed by atoms with Crippen molar-refractivity contribution in [2.45, 2.75) is 70.2 Å². The molecule has 10 heteroatoms. The zero-order chi connectivity index (χ0) is 31.9. The lowest BCUT2D eigenvalue weighted by Crippen LogP contribution is -2.63. The molecule has 8 nitrogen and oxygen atoms in total. The van der Waals surface area contributed by atoms with Crippen molar-refractivity contribution in [1.82, 2.24) is 0 Å². The second-order valence-electron chi connectivity index (χ2n) is 13.6. The molecule has 3 saturated carbocycles. The van der Waals surface area contributed by atoms with E-state index in [1.807, 2.05) is 19.1 Å². The van der Waals surface area contributed by atoms with E-state index in [0.717, 1.165) is 17.6 Å². The van der Waals surface area contributed by atoms with Gasteiger partial charge in [0.2, 0.25) is 0 Å². The van der Waals surface area contributed by atoms with Crippen molar-refractivity contribution < 1.29 is 38.4 Å². The van der Waals surface area contributed by atoms with Crippen LogP contribution in [0.3, 0.4) is 0 Å². The van der Waals surface area contributed by atoms with Crippen molar-refractivity contribution in [2.75, 3.05) is 12.3 Å². The fourth-order valence-electron chi connectivity index (χ4n) is 9.54. The summed E-state index contributed by atoms with van der Waals surface area (Å²) in [5.41, 5.74) is 5.05. The number of hydrogen-bond acceptors (Lipinski definition) is 8. The molecule has 0 aromatic heterocycles. The second-order valence-corrected chi connectivity index (χ2v) is 14.1. The lowest BCUT2D eigenvalue weighted by Gasteiger charge is -2.59. The Kier molecular flexibility index (Phi) is 7.30. The van der Waals surface area contributed by atoms with Crippen molar-refractivity contribution >= 4 is 28.9 Å². The summed E-state index contributed by atoms with van der Waals surface area (Å²) in [6.07, 6.45) is 4.30. The third-order valence-corrected chi connectivity index (χ3v) is 11.8. The number of nitrogen functional groups attached to an aromatic ring is 1. The van der Waals surface area contributed by atoms with Crippen LogP contribution in [0.4, 0.5) is 10.1 Å². The molecule has 2 unspecified atom stereocenters. The number of ether oxygens (including phenoxy) is 3. The molecule has 0 amide bonds. The number of aliphatic hydroxyl groups is 2. The molecule has 0 bridgehead atoms. The molecule has 1 saturated heterocycles. The second kappa shape index (κ2) is 10.7. The Bertz CT molecular complexity index is 1640. The van der Waals surface area contributed by atoms with Crippen LogP contribution < -0.4 is 10.5 Å². The van der Waals surface area contributed by atoms with Gasteiger partial charge < -0.3 is 30.2 Å². The quantitative estimate of drug-likeness (QED) is 0.367. The Morgan fingerprint density at radius 2 is 2.04 bits per heavy atom. The molecule has 2 aromatic rings. The molecule has 2 aromatic carbocycles. The number of carbonyl (C=O) groups excluding carboxylic acids is 2. The summed E-state index contributed by atoms with van der Waals surface area (Å²) in [6, 6.07) is 9.99. The number of nitrogens with two attached hydrogens (primary N) is 1. The molecule has 4 fully saturated rings. The summed E-state index contributed by atoms with van der Waals surface area (Å²) in [5, 5.41) is 22.1. The number of Topliss-reactive ketones (excluding diaryl/α,β-unsaturated/α-hetero) is 1. The molecule has 0 radical (unpaired) electrons. The van der Waals surface area contributed by atoms with Gasteiger partial charge in [0.15, 0.2) is 35.0 Å². The summed E-state index contributed by atoms with van der Waals surface area (Å²) in [7, 11) is 0. The predicted octanol–water partition coefficient (Wildman–Crippen LogP) is 5.24. The van der Waals surface area contributed by atoms with Crippen molar-refractivity contribution in [3.63, 3.8) is 0 Å². The van der Waals surface area contributed by atoms with Crippen molar-refractivity contribution in [3.8, 4) is 5.75 Å². The van der Waals surface area contributed by atoms with Crippen LogP contribution in [0.15, 0.2) is 60.2 Å². The average Bonchev–Trinajstić information content (AvgIpc) is 3.49. The minimum atomic E-state index is -1.63. The standard InChI is InChI=1S/C35H37ClFNO7/c1-33-11-10-21(40)13-19(33)6-7-22-23-14-28-35(27(42)16-39,34(23,2)15-25(41)30(22)33)45-32(44-28)29-24(36)8-9-26(31(29)37)43-17-18-4-3-5-20(38)12-18/h3-5,8-13,22-23,25,28,30,32,39,41H,6-7,14-17,38H2,1-2H3/t22-,23?,25-,28+,30?,32-,33-,34-,35+/m0/s1. The van der Waals surface area contributed by atoms with Crippen LogP contribution in [-0.4, -0.2) is 46.2 Å². The van der Waals surface area contributed by atoms with Crippen LogP contribution in [0, 0.1) is 34.4 Å². The van der Waals surface area contributed by atoms with Gasteiger partial charge in [0.05, 0.1) is 22.8 Å². The number of anilines is 1. The van der Waals surface area contributed by atoms with Gasteiger partial charge in [-0.1, -0.05) is 49.2 Å². The number of carbonyl (C=O) groups is 2. The first-order valence-corrected chi connectivity index (χ1v) is 15.9. The van der Waals surface area contributed by atoms with E-state index in [0.29, 0.717) is 18.5 Å². The number of fused-ring (bicyclic) bond motifs is 7. The summed E-state index contributed by atoms with van der Waals surface area (Å²) < 4.78 is 34.8. The Morgan fingerprint density at radius 3 is 2.80 bits per heavy atom. The monoisotopic (exact) mass is 637 g/mol. The molecule has 45 heavy (non-hydrogen) atoms. The van der Waals surface area contributed by atoms with Crippen LogP contribution in [-0.2, 0) is 25.7 Å². The van der Waals surface area contributed by atoms with E-state index in [-0.39, 0.29) is 52.9 Å². The summed E-state index contributed by atoms with van der Waals surface area (Å²) in [5.74, 6) is -1.71. The van der Waals surface area contributed by atoms with Gasteiger partial charge in [-0.2, -0.15) is 0 Å². The number of benzene rings is 2. The third kappa shape index (κ3) is 4.38. The van der Waals surface area contributed by atoms with E-state index in [2.05, 4.69) is 6.92 Å². The highest BCUT2D eigenvalue weighted by Gasteiger charge is 2.76. The van der Waals surface area contributed by atoms with Gasteiger partial charge in [-0.15, -0.1) is 0 Å². The smallest absolute Gasteiger partial charge is 0.193 e. The molecule has 0 spiro atoms. The van der Waals surface area contributed by atoms with Crippen molar-refractivity contribution in [2.24, 2.45) is 28.6 Å². The van der Waals surface area contributed by atoms with Gasteiger partial charge in [0.25, 0.3) is 0 Å². The highest BCUT2D eigenvalue weighted by molar-refractivity contribution is 6.31. The number of hydrogen-bond donors (Lipinski definition) is 3. The fourth-order valence-corrected chi connectivity index (χ4v) is 9.77. The van der Waals surface area contributed by atoms with E-state index in [4.69, 9.17) is 31.5 Å². The molecular weight excluding hydrogens is 601 g/mol. The van der Waals surface area contributed by atoms with Gasteiger partial charge in [0, 0.05) is 22.4 Å². The van der Waals surface area contributed by atoms with Crippen LogP contribution in [0.25, 0.3) is 0 Å². The molecule has 238 valence electrons. The van der Waals surface area contributed by atoms with E-state index in [1.165, 1.54) is 12.1 Å². The maximum absolute atomic E-state index is 16.1. The Morgan fingerprint density at radius 1 is 1.24 bits per heavy atom. The first-order valence-electron chi connectivity index (χ1n) is 15.5. The van der Waals surface area contributed by atoms with Gasteiger partial charge in [-0.3, -0.25) is 9.59 Å². The lowest BCUT2D eigenvalue weighted by atomic mass is 9.46. The highest BCUT2D eigenvalue weighted by atomic mass is 35.5.